The van der Waals surface area contributed by atoms with Gasteiger partial charge < -0.3 is 5.32 Å². The van der Waals surface area contributed by atoms with E-state index in [9.17, 15) is 4.39 Å². The summed E-state index contributed by atoms with van der Waals surface area (Å²) in [6.07, 6.45) is 5.42. The van der Waals surface area contributed by atoms with Gasteiger partial charge in [-0.1, -0.05) is 0 Å². The Morgan fingerprint density at radius 3 is 2.90 bits per heavy atom. The Kier molecular flexibility index (Phi) is 2.89. The Bertz CT molecular complexity index is 652. The molecule has 20 heavy (non-hydrogen) atoms. The van der Waals surface area contributed by atoms with Crippen molar-refractivity contribution in [3.63, 3.8) is 0 Å². The fourth-order valence-electron chi connectivity index (χ4n) is 3.61. The van der Waals surface area contributed by atoms with Gasteiger partial charge in [0, 0.05) is 39.5 Å². The third kappa shape index (κ3) is 1.98. The highest BCUT2D eigenvalue weighted by molar-refractivity contribution is 7.15. The molecule has 0 aliphatic carbocycles. The number of hydrogen-bond acceptors (Lipinski definition) is 3. The van der Waals surface area contributed by atoms with Gasteiger partial charge >= 0.3 is 0 Å². The van der Waals surface area contributed by atoms with Crippen LogP contribution in [0.4, 0.5) is 4.39 Å². The first kappa shape index (κ1) is 12.5. The van der Waals surface area contributed by atoms with Crippen LogP contribution in [0.1, 0.15) is 35.6 Å². The lowest BCUT2D eigenvalue weighted by atomic mass is 9.84. The maximum Gasteiger partial charge on any atom is 0.221 e. The Balaban J connectivity index is 1.72. The highest BCUT2D eigenvalue weighted by Gasteiger charge is 2.40. The van der Waals surface area contributed by atoms with E-state index < -0.39 is 0 Å². The second-order valence-electron chi connectivity index (χ2n) is 5.91. The number of fused-ring (bicyclic) bond motifs is 2. The van der Waals surface area contributed by atoms with E-state index in [1.807, 2.05) is 25.1 Å². The van der Waals surface area contributed by atoms with Crippen LogP contribution < -0.4 is 5.32 Å². The highest BCUT2D eigenvalue weighted by Crippen LogP contribution is 2.41. The predicted molar refractivity (Wildman–Crippen MR) is 79.5 cm³/mol. The van der Waals surface area contributed by atoms with Crippen molar-refractivity contribution in [2.45, 2.75) is 44.2 Å². The smallest absolute Gasteiger partial charge is 0.221 e. The van der Waals surface area contributed by atoms with Gasteiger partial charge in [0.05, 0.1) is 0 Å². The zero-order valence-corrected chi connectivity index (χ0v) is 12.2. The molecule has 4 heteroatoms. The molecule has 2 fully saturated rings. The van der Waals surface area contributed by atoms with Crippen LogP contribution in [0.25, 0.3) is 10.4 Å². The number of rotatable bonds is 2. The molecule has 2 saturated heterocycles. The molecule has 1 N–H and O–H groups in total. The van der Waals surface area contributed by atoms with E-state index in [4.69, 9.17) is 0 Å². The van der Waals surface area contributed by atoms with E-state index in [0.29, 0.717) is 23.6 Å². The van der Waals surface area contributed by atoms with Crippen LogP contribution in [-0.4, -0.2) is 17.1 Å². The number of hydrogen-bond donors (Lipinski definition) is 1. The van der Waals surface area contributed by atoms with Crippen LogP contribution >= 0.6 is 11.3 Å². The van der Waals surface area contributed by atoms with Crippen molar-refractivity contribution >= 4 is 11.3 Å². The SMILES string of the molecule is Cc1ccc(-c2cc(C3CC4CCC3N4)cnc2F)s1. The number of halogens is 1. The summed E-state index contributed by atoms with van der Waals surface area (Å²) < 4.78 is 14.0. The fraction of sp³-hybridized carbons (Fsp3) is 0.438. The molecule has 0 saturated carbocycles. The minimum absolute atomic E-state index is 0.355. The van der Waals surface area contributed by atoms with E-state index in [1.54, 1.807) is 17.5 Å². The zero-order chi connectivity index (χ0) is 13.7. The summed E-state index contributed by atoms with van der Waals surface area (Å²) in [5, 5.41) is 3.64. The molecule has 4 heterocycles. The highest BCUT2D eigenvalue weighted by atomic mass is 32.1. The lowest BCUT2D eigenvalue weighted by molar-refractivity contribution is 0.502. The first-order valence-corrected chi connectivity index (χ1v) is 8.00. The Hall–Kier alpha value is -1.26. The largest absolute Gasteiger partial charge is 0.311 e. The topological polar surface area (TPSA) is 24.9 Å². The van der Waals surface area contributed by atoms with Crippen molar-refractivity contribution in [1.82, 2.24) is 10.3 Å². The van der Waals surface area contributed by atoms with Gasteiger partial charge in [0.1, 0.15) is 0 Å². The van der Waals surface area contributed by atoms with Gasteiger partial charge in [0.2, 0.25) is 5.95 Å². The molecule has 2 aromatic heterocycles. The molecular weight excluding hydrogens is 271 g/mol. The summed E-state index contributed by atoms with van der Waals surface area (Å²) in [6.45, 7) is 2.04. The molecule has 4 rings (SSSR count). The van der Waals surface area contributed by atoms with Crippen molar-refractivity contribution in [3.8, 4) is 10.4 Å². The molecule has 3 atom stereocenters. The standard InChI is InChI=1S/C16H17FN2S/c1-9-2-5-15(20-9)13-6-10(8-18-16(13)17)12-7-11-3-4-14(12)19-11/h2,5-6,8,11-12,14,19H,3-4,7H2,1H3. The molecule has 3 unspecified atom stereocenters. The molecule has 2 nitrogen and oxygen atoms in total. The van der Waals surface area contributed by atoms with Gasteiger partial charge in [-0.2, -0.15) is 4.39 Å². The van der Waals surface area contributed by atoms with Crippen LogP contribution in [0.5, 0.6) is 0 Å². The normalized spacial score (nSPS) is 28.2. The van der Waals surface area contributed by atoms with Crippen LogP contribution in [-0.2, 0) is 0 Å². The summed E-state index contributed by atoms with van der Waals surface area (Å²) >= 11 is 1.63. The van der Waals surface area contributed by atoms with Gasteiger partial charge in [0.15, 0.2) is 0 Å². The van der Waals surface area contributed by atoms with Crippen LogP contribution in [0.3, 0.4) is 0 Å². The molecule has 2 aliphatic heterocycles. The average Bonchev–Trinajstić information content (AvgIpc) is 3.15. The monoisotopic (exact) mass is 288 g/mol. The summed E-state index contributed by atoms with van der Waals surface area (Å²) in [4.78, 5) is 6.18. The molecule has 2 aromatic rings. The number of thiophene rings is 1. The molecule has 0 amide bonds. The van der Waals surface area contributed by atoms with Gasteiger partial charge in [-0.3, -0.25) is 0 Å². The molecule has 0 aromatic carbocycles. The number of aromatic nitrogens is 1. The molecule has 0 radical (unpaired) electrons. The average molecular weight is 288 g/mol. The van der Waals surface area contributed by atoms with Crippen LogP contribution in [0.2, 0.25) is 0 Å². The van der Waals surface area contributed by atoms with E-state index in [0.717, 1.165) is 4.88 Å². The predicted octanol–water partition coefficient (Wildman–Crippen LogP) is 3.87. The second kappa shape index (κ2) is 4.64. The maximum atomic E-state index is 14.0. The lowest BCUT2D eigenvalue weighted by Crippen LogP contribution is -2.21. The molecule has 104 valence electrons. The molecular formula is C16H17FN2S. The lowest BCUT2D eigenvalue weighted by Gasteiger charge is -2.20. The van der Waals surface area contributed by atoms with Gasteiger partial charge in [-0.05, 0) is 49.9 Å². The van der Waals surface area contributed by atoms with Crippen molar-refractivity contribution < 1.29 is 4.39 Å². The van der Waals surface area contributed by atoms with Crippen LogP contribution in [0, 0.1) is 12.9 Å². The van der Waals surface area contributed by atoms with Crippen molar-refractivity contribution in [2.75, 3.05) is 0 Å². The third-order valence-corrected chi connectivity index (χ3v) is 5.63. The number of pyridine rings is 1. The second-order valence-corrected chi connectivity index (χ2v) is 7.19. The Morgan fingerprint density at radius 2 is 2.25 bits per heavy atom. The third-order valence-electron chi connectivity index (χ3n) is 4.59. The summed E-state index contributed by atoms with van der Waals surface area (Å²) in [5.74, 6) is 0.147. The first-order valence-electron chi connectivity index (χ1n) is 7.19. The summed E-state index contributed by atoms with van der Waals surface area (Å²) in [7, 11) is 0. The first-order chi connectivity index (χ1) is 9.70. The van der Waals surface area contributed by atoms with Gasteiger partial charge in [-0.25, -0.2) is 4.98 Å². The van der Waals surface area contributed by atoms with Gasteiger partial charge in [0.25, 0.3) is 0 Å². The van der Waals surface area contributed by atoms with Crippen molar-refractivity contribution in [1.29, 1.82) is 0 Å². The Morgan fingerprint density at radius 1 is 1.35 bits per heavy atom. The molecule has 0 spiro atoms. The number of nitrogens with zero attached hydrogens (tertiary/aromatic N) is 1. The Labute approximate surface area is 122 Å². The number of aryl methyl sites for hydroxylation is 1. The molecule has 2 bridgehead atoms. The minimum atomic E-state index is -0.355. The van der Waals surface area contributed by atoms with E-state index in [2.05, 4.69) is 10.3 Å². The minimum Gasteiger partial charge on any atom is -0.311 e. The summed E-state index contributed by atoms with van der Waals surface area (Å²) in [6, 6.07) is 7.25. The van der Waals surface area contributed by atoms with Crippen molar-refractivity contribution in [3.05, 3.63) is 40.8 Å². The molecule has 2 aliphatic rings. The van der Waals surface area contributed by atoms with Crippen molar-refractivity contribution in [2.24, 2.45) is 0 Å². The van der Waals surface area contributed by atoms with Gasteiger partial charge in [-0.15, -0.1) is 11.3 Å². The number of nitrogens with one attached hydrogen (secondary N) is 1. The zero-order valence-electron chi connectivity index (χ0n) is 11.4. The summed E-state index contributed by atoms with van der Waals surface area (Å²) in [5.41, 5.74) is 1.84. The quantitative estimate of drug-likeness (QED) is 0.849. The maximum absolute atomic E-state index is 14.0. The van der Waals surface area contributed by atoms with Crippen LogP contribution in [0.15, 0.2) is 24.4 Å². The van der Waals surface area contributed by atoms with E-state index in [-0.39, 0.29) is 5.95 Å². The van der Waals surface area contributed by atoms with E-state index in [1.165, 1.54) is 29.7 Å². The van der Waals surface area contributed by atoms with E-state index >= 15 is 0 Å². The fourth-order valence-corrected chi connectivity index (χ4v) is 4.48.